The van der Waals surface area contributed by atoms with E-state index in [4.69, 9.17) is 0 Å². The van der Waals surface area contributed by atoms with E-state index in [1.165, 1.54) is 46.1 Å². The minimum atomic E-state index is -3.75. The Labute approximate surface area is 195 Å². The Morgan fingerprint density at radius 3 is 2.47 bits per heavy atom. The SMILES string of the molecule is Cc1cc(C)c(C)c(SCC(=O)Nc2cccc(S(=O)(=O)NC3=NCCCCC3)c2)c1C. The summed E-state index contributed by atoms with van der Waals surface area (Å²) in [6.45, 7) is 8.94. The molecule has 0 bridgehead atoms. The molecule has 2 aromatic rings. The lowest BCUT2D eigenvalue weighted by Gasteiger charge is -2.15. The Balaban J connectivity index is 1.67. The van der Waals surface area contributed by atoms with E-state index in [-0.39, 0.29) is 16.6 Å². The highest BCUT2D eigenvalue weighted by atomic mass is 32.2. The van der Waals surface area contributed by atoms with E-state index in [0.717, 1.165) is 24.2 Å². The van der Waals surface area contributed by atoms with Crippen LogP contribution < -0.4 is 10.0 Å². The van der Waals surface area contributed by atoms with Crippen LogP contribution in [0.5, 0.6) is 0 Å². The van der Waals surface area contributed by atoms with Gasteiger partial charge in [0.2, 0.25) is 5.91 Å². The number of aryl methyl sites for hydroxylation is 2. The number of benzene rings is 2. The van der Waals surface area contributed by atoms with Crippen LogP contribution in [0.4, 0.5) is 5.69 Å². The third kappa shape index (κ3) is 6.13. The smallest absolute Gasteiger partial charge is 0.262 e. The summed E-state index contributed by atoms with van der Waals surface area (Å²) in [5.74, 6) is 0.576. The van der Waals surface area contributed by atoms with Crippen LogP contribution in [0, 0.1) is 27.7 Å². The van der Waals surface area contributed by atoms with Gasteiger partial charge in [-0.1, -0.05) is 18.6 Å². The molecule has 0 fully saturated rings. The molecule has 0 aromatic heterocycles. The molecule has 1 aliphatic heterocycles. The maximum absolute atomic E-state index is 12.8. The number of carbonyl (C=O) groups excluding carboxylic acids is 1. The molecule has 1 aliphatic rings. The minimum absolute atomic E-state index is 0.107. The summed E-state index contributed by atoms with van der Waals surface area (Å²) in [7, 11) is -3.75. The van der Waals surface area contributed by atoms with E-state index in [1.807, 2.05) is 0 Å². The Morgan fingerprint density at radius 1 is 1.03 bits per heavy atom. The zero-order valence-electron chi connectivity index (χ0n) is 19.1. The summed E-state index contributed by atoms with van der Waals surface area (Å²) in [4.78, 5) is 18.2. The van der Waals surface area contributed by atoms with Gasteiger partial charge in [-0.05, 0) is 81.0 Å². The van der Waals surface area contributed by atoms with Crippen LogP contribution in [-0.2, 0) is 14.8 Å². The number of sulfonamides is 1. The number of thioether (sulfide) groups is 1. The van der Waals surface area contributed by atoms with Crippen molar-refractivity contribution in [1.29, 1.82) is 0 Å². The fraction of sp³-hybridized carbons (Fsp3) is 0.417. The molecule has 172 valence electrons. The number of rotatable bonds is 6. The summed E-state index contributed by atoms with van der Waals surface area (Å²) < 4.78 is 28.2. The maximum Gasteiger partial charge on any atom is 0.262 e. The zero-order chi connectivity index (χ0) is 23.3. The topological polar surface area (TPSA) is 87.6 Å². The zero-order valence-corrected chi connectivity index (χ0v) is 20.8. The second kappa shape index (κ2) is 10.5. The van der Waals surface area contributed by atoms with Gasteiger partial charge in [0.05, 0.1) is 10.6 Å². The number of aliphatic imine (C=N–C) groups is 1. The maximum atomic E-state index is 12.8. The molecule has 8 heteroatoms. The van der Waals surface area contributed by atoms with Gasteiger partial charge < -0.3 is 5.32 Å². The number of hydrogen-bond acceptors (Lipinski definition) is 5. The first-order valence-corrected chi connectivity index (χ1v) is 13.3. The summed E-state index contributed by atoms with van der Waals surface area (Å²) >= 11 is 1.51. The first kappa shape index (κ1) is 24.3. The Bertz CT molecular complexity index is 1120. The molecule has 3 rings (SSSR count). The van der Waals surface area contributed by atoms with Gasteiger partial charge in [0, 0.05) is 23.5 Å². The lowest BCUT2D eigenvalue weighted by atomic mass is 10.0. The second-order valence-corrected chi connectivity index (χ2v) is 10.9. The molecule has 2 aromatic carbocycles. The van der Waals surface area contributed by atoms with Crippen LogP contribution in [0.25, 0.3) is 0 Å². The Kier molecular flexibility index (Phi) is 8.00. The number of nitrogens with one attached hydrogen (secondary N) is 2. The van der Waals surface area contributed by atoms with Gasteiger partial charge in [-0.25, -0.2) is 8.42 Å². The first-order valence-electron chi connectivity index (χ1n) is 10.8. The third-order valence-electron chi connectivity index (χ3n) is 5.70. The van der Waals surface area contributed by atoms with E-state index in [1.54, 1.807) is 12.1 Å². The number of nitrogens with zero attached hydrogens (tertiary/aromatic N) is 1. The van der Waals surface area contributed by atoms with E-state index in [2.05, 4.69) is 48.8 Å². The molecule has 1 heterocycles. The molecule has 0 radical (unpaired) electrons. The highest BCUT2D eigenvalue weighted by molar-refractivity contribution is 8.00. The predicted molar refractivity (Wildman–Crippen MR) is 132 cm³/mol. The molecule has 0 saturated heterocycles. The lowest BCUT2D eigenvalue weighted by Crippen LogP contribution is -2.30. The standard InChI is InChI=1S/C24H31N3O3S2/c1-16-13-17(2)19(4)24(18(16)3)31-15-23(28)26-20-9-8-10-21(14-20)32(29,30)27-22-11-6-5-7-12-25-22/h8-10,13-14H,5-7,11-12,15H2,1-4H3,(H,25,27)(H,26,28). The van der Waals surface area contributed by atoms with Gasteiger partial charge >= 0.3 is 0 Å². The molecular weight excluding hydrogens is 442 g/mol. The fourth-order valence-electron chi connectivity index (χ4n) is 3.64. The van der Waals surface area contributed by atoms with Crippen molar-refractivity contribution in [2.24, 2.45) is 4.99 Å². The van der Waals surface area contributed by atoms with Gasteiger partial charge in [0.1, 0.15) is 5.84 Å². The molecule has 0 saturated carbocycles. The lowest BCUT2D eigenvalue weighted by molar-refractivity contribution is -0.113. The van der Waals surface area contributed by atoms with Gasteiger partial charge in [0.15, 0.2) is 0 Å². The van der Waals surface area contributed by atoms with Crippen molar-refractivity contribution in [3.63, 3.8) is 0 Å². The quantitative estimate of drug-likeness (QED) is 0.584. The summed E-state index contributed by atoms with van der Waals surface area (Å²) in [6, 6.07) is 8.49. The molecule has 0 atom stereocenters. The van der Waals surface area contributed by atoms with Gasteiger partial charge in [0.25, 0.3) is 10.0 Å². The van der Waals surface area contributed by atoms with Gasteiger partial charge in [-0.15, -0.1) is 11.8 Å². The van der Waals surface area contributed by atoms with Crippen molar-refractivity contribution >= 4 is 39.2 Å². The average Bonchev–Trinajstić information content (AvgIpc) is 3.00. The van der Waals surface area contributed by atoms with Gasteiger partial charge in [-0.2, -0.15) is 0 Å². The van der Waals surface area contributed by atoms with Crippen LogP contribution in [-0.4, -0.2) is 32.5 Å². The minimum Gasteiger partial charge on any atom is -0.325 e. The fourth-order valence-corrected chi connectivity index (χ4v) is 5.88. The molecule has 2 N–H and O–H groups in total. The highest BCUT2D eigenvalue weighted by Gasteiger charge is 2.18. The van der Waals surface area contributed by atoms with Gasteiger partial charge in [-0.3, -0.25) is 14.5 Å². The number of carbonyl (C=O) groups is 1. The molecule has 0 spiro atoms. The molecule has 1 amide bonds. The summed E-state index contributed by atoms with van der Waals surface area (Å²) in [5, 5.41) is 2.82. The molecule has 32 heavy (non-hydrogen) atoms. The van der Waals surface area contributed by atoms with Crippen LogP contribution in [0.15, 0.2) is 45.1 Å². The van der Waals surface area contributed by atoms with E-state index < -0.39 is 10.0 Å². The molecule has 0 aliphatic carbocycles. The van der Waals surface area contributed by atoms with Crippen LogP contribution in [0.3, 0.4) is 0 Å². The third-order valence-corrected chi connectivity index (χ3v) is 8.39. The molecule has 6 nitrogen and oxygen atoms in total. The highest BCUT2D eigenvalue weighted by Crippen LogP contribution is 2.31. The number of amidine groups is 1. The number of hydrogen-bond donors (Lipinski definition) is 2. The van der Waals surface area contributed by atoms with Crippen molar-refractivity contribution < 1.29 is 13.2 Å². The molecular formula is C24H31N3O3S2. The first-order chi connectivity index (χ1) is 15.2. The largest absolute Gasteiger partial charge is 0.325 e. The summed E-state index contributed by atoms with van der Waals surface area (Å²) in [5.41, 5.74) is 5.24. The van der Waals surface area contributed by atoms with Crippen LogP contribution in [0.1, 0.15) is 47.9 Å². The van der Waals surface area contributed by atoms with Crippen molar-refractivity contribution in [3.05, 3.63) is 52.6 Å². The van der Waals surface area contributed by atoms with Crippen molar-refractivity contribution in [3.8, 4) is 0 Å². The monoisotopic (exact) mass is 473 g/mol. The predicted octanol–water partition coefficient (Wildman–Crippen LogP) is 4.90. The van der Waals surface area contributed by atoms with E-state index in [0.29, 0.717) is 24.5 Å². The van der Waals surface area contributed by atoms with Crippen LogP contribution >= 0.6 is 11.8 Å². The number of amides is 1. The Morgan fingerprint density at radius 2 is 1.75 bits per heavy atom. The average molecular weight is 474 g/mol. The van der Waals surface area contributed by atoms with Crippen LogP contribution in [0.2, 0.25) is 0 Å². The second-order valence-electron chi connectivity index (χ2n) is 8.20. The van der Waals surface area contributed by atoms with Crippen molar-refractivity contribution in [2.75, 3.05) is 17.6 Å². The molecule has 0 unspecified atom stereocenters. The number of anilines is 1. The Hall–Kier alpha value is -2.32. The summed E-state index contributed by atoms with van der Waals surface area (Å²) in [6.07, 6.45) is 3.58. The van der Waals surface area contributed by atoms with E-state index >= 15 is 0 Å². The normalized spacial score (nSPS) is 14.4. The van der Waals surface area contributed by atoms with Crippen molar-refractivity contribution in [2.45, 2.75) is 63.2 Å². The van der Waals surface area contributed by atoms with Crippen molar-refractivity contribution in [1.82, 2.24) is 4.72 Å². The van der Waals surface area contributed by atoms with E-state index in [9.17, 15) is 13.2 Å².